The number of hydrogen-bond acceptors (Lipinski definition) is 6. The molecule has 0 aromatic heterocycles. The van der Waals surface area contributed by atoms with Gasteiger partial charge in [-0.3, -0.25) is 14.4 Å². The molecule has 0 bridgehead atoms. The van der Waals surface area contributed by atoms with Crippen molar-refractivity contribution in [2.75, 3.05) is 31.2 Å². The van der Waals surface area contributed by atoms with Gasteiger partial charge >= 0.3 is 0 Å². The van der Waals surface area contributed by atoms with Crippen molar-refractivity contribution < 1.29 is 29.0 Å². The van der Waals surface area contributed by atoms with Gasteiger partial charge in [0.15, 0.2) is 0 Å². The van der Waals surface area contributed by atoms with Gasteiger partial charge in [-0.1, -0.05) is 38.2 Å². The van der Waals surface area contributed by atoms with Gasteiger partial charge in [0.1, 0.15) is 17.4 Å². The number of ether oxygens (including phenoxy) is 2. The van der Waals surface area contributed by atoms with Gasteiger partial charge in [-0.2, -0.15) is 0 Å². The summed E-state index contributed by atoms with van der Waals surface area (Å²) in [6.07, 6.45) is 8.06. The molecule has 2 saturated heterocycles. The molecule has 9 nitrogen and oxygen atoms in total. The van der Waals surface area contributed by atoms with Crippen LogP contribution in [0.3, 0.4) is 0 Å². The highest BCUT2D eigenvalue weighted by molar-refractivity contribution is 6.04. The molecule has 222 valence electrons. The Balaban J connectivity index is 1.62. The lowest BCUT2D eigenvalue weighted by Crippen LogP contribution is -2.59. The maximum atomic E-state index is 14.6. The van der Waals surface area contributed by atoms with E-state index in [0.717, 1.165) is 0 Å². The summed E-state index contributed by atoms with van der Waals surface area (Å²) in [6.45, 7) is 12.7. The number of amides is 3. The topological polar surface area (TPSA) is 99.6 Å². The number of rotatable bonds is 8. The highest BCUT2D eigenvalue weighted by atomic mass is 16.5. The number of benzene rings is 1. The Morgan fingerprint density at radius 3 is 2.27 bits per heavy atom. The quantitative estimate of drug-likeness (QED) is 0.486. The van der Waals surface area contributed by atoms with E-state index in [4.69, 9.17) is 9.47 Å². The summed E-state index contributed by atoms with van der Waals surface area (Å²) in [6, 6.07) is 5.68. The fourth-order valence-electron chi connectivity index (χ4n) is 7.28. The number of hydrogen-bond donors (Lipinski definition) is 1. The van der Waals surface area contributed by atoms with E-state index in [1.54, 1.807) is 14.7 Å². The van der Waals surface area contributed by atoms with Crippen molar-refractivity contribution in [3.8, 4) is 5.75 Å². The summed E-state index contributed by atoms with van der Waals surface area (Å²) in [4.78, 5) is 48.4. The molecule has 3 amide bonds. The zero-order chi connectivity index (χ0) is 29.7. The third-order valence-corrected chi connectivity index (χ3v) is 8.96. The van der Waals surface area contributed by atoms with Gasteiger partial charge in [0, 0.05) is 24.8 Å². The molecule has 0 saturated carbocycles. The van der Waals surface area contributed by atoms with Crippen LogP contribution in [0.15, 0.2) is 48.6 Å². The number of anilines is 1. The molecular weight excluding hydrogens is 522 g/mol. The Hall–Kier alpha value is -3.17. The van der Waals surface area contributed by atoms with Crippen molar-refractivity contribution >= 4 is 23.4 Å². The predicted molar refractivity (Wildman–Crippen MR) is 155 cm³/mol. The fourth-order valence-corrected chi connectivity index (χ4v) is 7.28. The second kappa shape index (κ2) is 10.9. The largest absolute Gasteiger partial charge is 0.494 e. The maximum absolute atomic E-state index is 14.6. The molecule has 4 heterocycles. The van der Waals surface area contributed by atoms with Gasteiger partial charge < -0.3 is 29.3 Å². The minimum absolute atomic E-state index is 0.102. The van der Waals surface area contributed by atoms with Gasteiger partial charge in [-0.15, -0.1) is 0 Å². The van der Waals surface area contributed by atoms with Crippen LogP contribution in [0.2, 0.25) is 0 Å². The minimum Gasteiger partial charge on any atom is -0.494 e. The Labute approximate surface area is 242 Å². The zero-order valence-corrected chi connectivity index (χ0v) is 24.9. The van der Waals surface area contributed by atoms with Gasteiger partial charge in [-0.25, -0.2) is 0 Å². The summed E-state index contributed by atoms with van der Waals surface area (Å²) >= 11 is 0. The minimum atomic E-state index is -1.34. The molecule has 0 aliphatic carbocycles. The Morgan fingerprint density at radius 1 is 0.976 bits per heavy atom. The molecule has 4 aliphatic heterocycles. The first kappa shape index (κ1) is 29.3. The van der Waals surface area contributed by atoms with E-state index in [2.05, 4.69) is 0 Å². The van der Waals surface area contributed by atoms with Crippen molar-refractivity contribution in [2.45, 2.75) is 77.3 Å². The van der Waals surface area contributed by atoms with E-state index in [9.17, 15) is 19.5 Å². The number of likely N-dealkylation sites (tertiary alicyclic amines) is 1. The lowest BCUT2D eigenvalue weighted by atomic mass is 9.74. The number of aliphatic hydroxyl groups excluding tert-OH is 1. The average Bonchev–Trinajstić information content (AvgIpc) is 3.19. The standard InChI is InChI=1S/C32H43N3O6/c1-7-40-24-12-10-22(11-13-24)34-17-8-14-31(6)25(28(34)37)26-29(38)35(23(19-36)18-20(2)3)27-30(39)33(21(4)5)16-9-15-32(26,27)41-31/h8-15,20-21,23,25-27,36H,7,16-19H2,1-6H3/t23-,25+,26+,27?,31-,32+/m1/s1. The first-order valence-corrected chi connectivity index (χ1v) is 14.8. The number of fused-ring (bicyclic) bond motifs is 2. The smallest absolute Gasteiger partial charge is 0.249 e. The summed E-state index contributed by atoms with van der Waals surface area (Å²) in [5.74, 6) is -1.67. The lowest BCUT2D eigenvalue weighted by Gasteiger charge is -2.41. The van der Waals surface area contributed by atoms with Gasteiger partial charge in [0.2, 0.25) is 17.7 Å². The third kappa shape index (κ3) is 4.67. The van der Waals surface area contributed by atoms with Crippen LogP contribution in [0.1, 0.15) is 48.0 Å². The number of carbonyl (C=O) groups excluding carboxylic acids is 3. The highest BCUT2D eigenvalue weighted by Gasteiger charge is 2.75. The van der Waals surface area contributed by atoms with E-state index in [1.807, 2.05) is 90.1 Å². The molecule has 1 N–H and O–H groups in total. The second-order valence-corrected chi connectivity index (χ2v) is 12.5. The SMILES string of the molecule is CCOc1ccc(N2CC=C[C@@]3(C)O[C@]45C=CCN(C(C)C)C(=O)C4N([C@@H](CO)CC(C)C)C(=O)[C@@H]5[C@H]3C2=O)cc1. The first-order valence-electron chi connectivity index (χ1n) is 14.8. The van der Waals surface area contributed by atoms with Crippen molar-refractivity contribution in [1.82, 2.24) is 9.80 Å². The van der Waals surface area contributed by atoms with Crippen LogP contribution in [0, 0.1) is 17.8 Å². The fraction of sp³-hybridized carbons (Fsp3) is 0.594. The average molecular weight is 566 g/mol. The van der Waals surface area contributed by atoms with Crippen molar-refractivity contribution in [3.63, 3.8) is 0 Å². The van der Waals surface area contributed by atoms with Gasteiger partial charge in [0.25, 0.3) is 0 Å². The molecule has 41 heavy (non-hydrogen) atoms. The molecular formula is C32H43N3O6. The molecule has 2 fully saturated rings. The monoisotopic (exact) mass is 565 g/mol. The van der Waals surface area contributed by atoms with Crippen LogP contribution in [-0.2, 0) is 19.1 Å². The molecule has 1 aromatic rings. The molecule has 5 rings (SSSR count). The van der Waals surface area contributed by atoms with Gasteiger partial charge in [0.05, 0.1) is 36.7 Å². The number of carbonyl (C=O) groups is 3. The maximum Gasteiger partial charge on any atom is 0.249 e. The summed E-state index contributed by atoms with van der Waals surface area (Å²) in [5.41, 5.74) is -1.76. The second-order valence-electron chi connectivity index (χ2n) is 12.5. The molecule has 1 unspecified atom stereocenters. The highest BCUT2D eigenvalue weighted by Crippen LogP contribution is 2.58. The molecule has 0 radical (unpaired) electrons. The van der Waals surface area contributed by atoms with E-state index in [1.165, 1.54) is 0 Å². The van der Waals surface area contributed by atoms with Gasteiger partial charge in [-0.05, 0) is 64.3 Å². The number of nitrogens with zero attached hydrogens (tertiary/aromatic N) is 3. The van der Waals surface area contributed by atoms with Crippen LogP contribution in [-0.4, -0.2) is 88.3 Å². The Morgan fingerprint density at radius 2 is 1.66 bits per heavy atom. The van der Waals surface area contributed by atoms with Crippen LogP contribution in [0.4, 0.5) is 5.69 Å². The van der Waals surface area contributed by atoms with E-state index >= 15 is 0 Å². The predicted octanol–water partition coefficient (Wildman–Crippen LogP) is 3.17. The molecule has 4 aliphatic rings. The van der Waals surface area contributed by atoms with E-state index in [-0.39, 0.29) is 36.3 Å². The summed E-state index contributed by atoms with van der Waals surface area (Å²) < 4.78 is 12.5. The van der Waals surface area contributed by atoms with Crippen LogP contribution >= 0.6 is 0 Å². The van der Waals surface area contributed by atoms with Crippen molar-refractivity contribution in [1.29, 1.82) is 0 Å². The Kier molecular flexibility index (Phi) is 7.80. The molecule has 1 spiro atoms. The van der Waals surface area contributed by atoms with Crippen LogP contribution < -0.4 is 9.64 Å². The van der Waals surface area contributed by atoms with Crippen LogP contribution in [0.25, 0.3) is 0 Å². The summed E-state index contributed by atoms with van der Waals surface area (Å²) in [7, 11) is 0. The van der Waals surface area contributed by atoms with E-state index < -0.39 is 35.1 Å². The first-order chi connectivity index (χ1) is 19.5. The van der Waals surface area contributed by atoms with Crippen LogP contribution in [0.5, 0.6) is 5.75 Å². The Bertz CT molecular complexity index is 1240. The number of aliphatic hydroxyl groups is 1. The summed E-state index contributed by atoms with van der Waals surface area (Å²) in [5, 5.41) is 10.5. The zero-order valence-electron chi connectivity index (χ0n) is 24.9. The van der Waals surface area contributed by atoms with Crippen molar-refractivity contribution in [3.05, 3.63) is 48.6 Å². The molecule has 9 heteroatoms. The van der Waals surface area contributed by atoms with Crippen molar-refractivity contribution in [2.24, 2.45) is 17.8 Å². The molecule has 1 aromatic carbocycles. The lowest BCUT2D eigenvalue weighted by molar-refractivity contribution is -0.155. The van der Waals surface area contributed by atoms with E-state index in [0.29, 0.717) is 37.6 Å². The third-order valence-electron chi connectivity index (χ3n) is 8.96. The normalized spacial score (nSPS) is 31.9. The molecule has 6 atom stereocenters.